The number of fused-ring (bicyclic) bond motifs is 1. The molecule has 64 valence electrons. The van der Waals surface area contributed by atoms with Crippen LogP contribution in [0.25, 0.3) is 0 Å². The van der Waals surface area contributed by atoms with E-state index in [0.717, 1.165) is 12.0 Å². The summed E-state index contributed by atoms with van der Waals surface area (Å²) in [6, 6.07) is 0.784. The molecule has 0 bridgehead atoms. The van der Waals surface area contributed by atoms with Gasteiger partial charge in [-0.3, -0.25) is 0 Å². The Labute approximate surface area is 68.7 Å². The molecule has 2 heteroatoms. The number of piperidine rings is 1. The molecule has 2 aliphatic rings. The summed E-state index contributed by atoms with van der Waals surface area (Å²) in [4.78, 5) is 0. The molecule has 0 aromatic carbocycles. The van der Waals surface area contributed by atoms with Gasteiger partial charge in [0.15, 0.2) is 0 Å². The Morgan fingerprint density at radius 2 is 2.00 bits per heavy atom. The van der Waals surface area contributed by atoms with Crippen LogP contribution in [0, 0.1) is 5.92 Å². The third-order valence-corrected chi connectivity index (χ3v) is 3.03. The average molecular weight is 154 g/mol. The lowest BCUT2D eigenvalue weighted by molar-refractivity contribution is 0.283. The Morgan fingerprint density at radius 3 is 3.00 bits per heavy atom. The molecule has 0 aromatic heterocycles. The lowest BCUT2D eigenvalue weighted by Gasteiger charge is -2.30. The minimum atomic E-state index is 0.784. The molecule has 2 unspecified atom stereocenters. The minimum Gasteiger partial charge on any atom is -0.315 e. The Kier molecular flexibility index (Phi) is 2.44. The summed E-state index contributed by atoms with van der Waals surface area (Å²) in [5, 5.41) is 7.07. The minimum absolute atomic E-state index is 0.784. The summed E-state index contributed by atoms with van der Waals surface area (Å²) >= 11 is 0. The maximum atomic E-state index is 3.62. The molecule has 2 nitrogen and oxygen atoms in total. The molecule has 2 fully saturated rings. The normalized spacial score (nSPS) is 39.3. The Morgan fingerprint density at radius 1 is 1.00 bits per heavy atom. The van der Waals surface area contributed by atoms with Crippen LogP contribution in [0.15, 0.2) is 0 Å². The van der Waals surface area contributed by atoms with Crippen LogP contribution in [-0.2, 0) is 0 Å². The van der Waals surface area contributed by atoms with Crippen molar-refractivity contribution in [2.45, 2.75) is 31.7 Å². The summed E-state index contributed by atoms with van der Waals surface area (Å²) in [7, 11) is 0. The molecule has 2 aliphatic heterocycles. The number of hydrogen-bond acceptors (Lipinski definition) is 2. The van der Waals surface area contributed by atoms with Crippen molar-refractivity contribution < 1.29 is 0 Å². The SMILES string of the molecule is C1CCC2CCNCC2NC1. The average Bonchev–Trinajstić information content (AvgIpc) is 2.28. The first-order valence-electron chi connectivity index (χ1n) is 4.91. The first-order chi connectivity index (χ1) is 5.47. The molecular weight excluding hydrogens is 136 g/mol. The van der Waals surface area contributed by atoms with E-state index < -0.39 is 0 Å². The number of hydrogen-bond donors (Lipinski definition) is 2. The summed E-state index contributed by atoms with van der Waals surface area (Å²) in [6.07, 6.45) is 5.66. The maximum absolute atomic E-state index is 3.62. The van der Waals surface area contributed by atoms with Crippen molar-refractivity contribution in [2.24, 2.45) is 5.92 Å². The summed E-state index contributed by atoms with van der Waals surface area (Å²) < 4.78 is 0. The van der Waals surface area contributed by atoms with Gasteiger partial charge in [-0.1, -0.05) is 6.42 Å². The van der Waals surface area contributed by atoms with Gasteiger partial charge in [0, 0.05) is 12.6 Å². The Bertz CT molecular complexity index is 111. The van der Waals surface area contributed by atoms with Crippen molar-refractivity contribution in [3.8, 4) is 0 Å². The summed E-state index contributed by atoms with van der Waals surface area (Å²) in [5.74, 6) is 0.971. The first-order valence-corrected chi connectivity index (χ1v) is 4.91. The molecular formula is C9H18N2. The van der Waals surface area contributed by atoms with Gasteiger partial charge in [-0.15, -0.1) is 0 Å². The summed E-state index contributed by atoms with van der Waals surface area (Å²) in [5.41, 5.74) is 0. The molecule has 0 saturated carbocycles. The Balaban J connectivity index is 1.93. The van der Waals surface area contributed by atoms with Gasteiger partial charge in [0.2, 0.25) is 0 Å². The molecule has 0 aliphatic carbocycles. The van der Waals surface area contributed by atoms with Crippen molar-refractivity contribution in [2.75, 3.05) is 19.6 Å². The van der Waals surface area contributed by atoms with E-state index in [1.54, 1.807) is 0 Å². The van der Waals surface area contributed by atoms with Crippen molar-refractivity contribution in [3.05, 3.63) is 0 Å². The molecule has 0 aromatic rings. The van der Waals surface area contributed by atoms with Crippen LogP contribution in [0.3, 0.4) is 0 Å². The zero-order valence-corrected chi connectivity index (χ0v) is 7.10. The molecule has 0 amide bonds. The van der Waals surface area contributed by atoms with Crippen LogP contribution in [0.2, 0.25) is 0 Å². The van der Waals surface area contributed by atoms with Crippen LogP contribution in [0.5, 0.6) is 0 Å². The van der Waals surface area contributed by atoms with E-state index in [1.807, 2.05) is 0 Å². The topological polar surface area (TPSA) is 24.1 Å². The molecule has 2 saturated heterocycles. The second-order valence-corrected chi connectivity index (χ2v) is 3.81. The van der Waals surface area contributed by atoms with E-state index >= 15 is 0 Å². The smallest absolute Gasteiger partial charge is 0.0221 e. The highest BCUT2D eigenvalue weighted by Crippen LogP contribution is 2.21. The number of rotatable bonds is 0. The van der Waals surface area contributed by atoms with Gasteiger partial charge in [-0.2, -0.15) is 0 Å². The van der Waals surface area contributed by atoms with Gasteiger partial charge < -0.3 is 10.6 Å². The zero-order chi connectivity index (χ0) is 7.52. The van der Waals surface area contributed by atoms with E-state index in [9.17, 15) is 0 Å². The molecule has 2 atom stereocenters. The van der Waals surface area contributed by atoms with E-state index in [2.05, 4.69) is 10.6 Å². The van der Waals surface area contributed by atoms with Gasteiger partial charge in [-0.25, -0.2) is 0 Å². The van der Waals surface area contributed by atoms with Crippen molar-refractivity contribution in [3.63, 3.8) is 0 Å². The molecule has 0 spiro atoms. The second-order valence-electron chi connectivity index (χ2n) is 3.81. The molecule has 0 radical (unpaired) electrons. The van der Waals surface area contributed by atoms with E-state index in [1.165, 1.54) is 45.3 Å². The predicted molar refractivity (Wildman–Crippen MR) is 46.6 cm³/mol. The van der Waals surface area contributed by atoms with Crippen molar-refractivity contribution in [1.29, 1.82) is 0 Å². The van der Waals surface area contributed by atoms with Gasteiger partial charge in [0.05, 0.1) is 0 Å². The summed E-state index contributed by atoms with van der Waals surface area (Å²) in [6.45, 7) is 3.68. The Hall–Kier alpha value is -0.0800. The van der Waals surface area contributed by atoms with E-state index in [0.29, 0.717) is 0 Å². The molecule has 11 heavy (non-hydrogen) atoms. The molecule has 2 heterocycles. The largest absolute Gasteiger partial charge is 0.315 e. The fourth-order valence-corrected chi connectivity index (χ4v) is 2.32. The van der Waals surface area contributed by atoms with E-state index in [4.69, 9.17) is 0 Å². The van der Waals surface area contributed by atoms with Gasteiger partial charge >= 0.3 is 0 Å². The lowest BCUT2D eigenvalue weighted by Crippen LogP contribution is -2.48. The highest BCUT2D eigenvalue weighted by atomic mass is 15.0. The molecule has 2 rings (SSSR count). The highest BCUT2D eigenvalue weighted by molar-refractivity contribution is 4.85. The fourth-order valence-electron chi connectivity index (χ4n) is 2.32. The van der Waals surface area contributed by atoms with Gasteiger partial charge in [-0.05, 0) is 38.3 Å². The van der Waals surface area contributed by atoms with Crippen LogP contribution in [0.1, 0.15) is 25.7 Å². The third-order valence-electron chi connectivity index (χ3n) is 3.03. The predicted octanol–water partition coefficient (Wildman–Crippen LogP) is 0.738. The van der Waals surface area contributed by atoms with Gasteiger partial charge in [0.1, 0.15) is 0 Å². The van der Waals surface area contributed by atoms with Gasteiger partial charge in [0.25, 0.3) is 0 Å². The maximum Gasteiger partial charge on any atom is 0.0221 e. The standard InChI is InChI=1S/C9H18N2/c1-2-5-11-9-7-10-6-4-8(9)3-1/h8-11H,1-7H2. The van der Waals surface area contributed by atoms with Crippen LogP contribution in [-0.4, -0.2) is 25.7 Å². The monoisotopic (exact) mass is 154 g/mol. The van der Waals surface area contributed by atoms with Crippen LogP contribution < -0.4 is 10.6 Å². The highest BCUT2D eigenvalue weighted by Gasteiger charge is 2.25. The van der Waals surface area contributed by atoms with Crippen LogP contribution in [0.4, 0.5) is 0 Å². The first kappa shape index (κ1) is 7.56. The lowest BCUT2D eigenvalue weighted by atomic mass is 9.89. The quantitative estimate of drug-likeness (QED) is 0.538. The third kappa shape index (κ3) is 1.74. The fraction of sp³-hybridized carbons (Fsp3) is 1.00. The zero-order valence-electron chi connectivity index (χ0n) is 7.10. The van der Waals surface area contributed by atoms with Crippen LogP contribution >= 0.6 is 0 Å². The van der Waals surface area contributed by atoms with Crippen molar-refractivity contribution >= 4 is 0 Å². The van der Waals surface area contributed by atoms with Crippen molar-refractivity contribution in [1.82, 2.24) is 10.6 Å². The number of nitrogens with one attached hydrogen (secondary N) is 2. The van der Waals surface area contributed by atoms with E-state index in [-0.39, 0.29) is 0 Å². The molecule has 2 N–H and O–H groups in total. The second kappa shape index (κ2) is 3.55.